The normalized spacial score (nSPS) is 12.1. The van der Waals surface area contributed by atoms with Gasteiger partial charge in [-0.3, -0.25) is 4.98 Å². The van der Waals surface area contributed by atoms with Crippen LogP contribution in [0.25, 0.3) is 10.7 Å². The predicted octanol–water partition coefficient (Wildman–Crippen LogP) is 3.74. The second-order valence-electron chi connectivity index (χ2n) is 4.01. The second-order valence-corrected chi connectivity index (χ2v) is 5.04. The van der Waals surface area contributed by atoms with Crippen molar-refractivity contribution in [2.75, 3.05) is 0 Å². The monoisotopic (exact) mass is 273 g/mol. The molecule has 2 heterocycles. The predicted molar refractivity (Wildman–Crippen MR) is 62.2 cm³/mol. The maximum absolute atomic E-state index is 12.5. The van der Waals surface area contributed by atoms with Crippen LogP contribution in [0, 0.1) is 0 Å². The Morgan fingerprint density at radius 1 is 1.17 bits per heavy atom. The zero-order valence-electron chi connectivity index (χ0n) is 9.69. The van der Waals surface area contributed by atoms with Crippen molar-refractivity contribution < 1.29 is 13.2 Å². The van der Waals surface area contributed by atoms with Gasteiger partial charge in [0, 0.05) is 6.20 Å². The van der Waals surface area contributed by atoms with E-state index >= 15 is 0 Å². The maximum atomic E-state index is 12.5. The minimum Gasteiger partial charge on any atom is -0.260 e. The molecule has 0 atom stereocenters. The fourth-order valence-corrected chi connectivity index (χ4v) is 2.02. The molecule has 2 aromatic heterocycles. The van der Waals surface area contributed by atoms with Crippen LogP contribution in [0.15, 0.2) is 18.6 Å². The number of rotatable bonds is 2. The largest absolute Gasteiger partial charge is 0.427 e. The highest BCUT2D eigenvalue weighted by atomic mass is 32.1. The van der Waals surface area contributed by atoms with E-state index in [0.29, 0.717) is 17.0 Å². The zero-order valence-corrected chi connectivity index (χ0v) is 10.5. The van der Waals surface area contributed by atoms with Gasteiger partial charge in [-0.25, -0.2) is 9.97 Å². The average molecular weight is 273 g/mol. The lowest BCUT2D eigenvalue weighted by molar-refractivity contribution is -0.134. The minimum absolute atomic E-state index is 0.166. The highest BCUT2D eigenvalue weighted by Crippen LogP contribution is 2.36. The third-order valence-corrected chi connectivity index (χ3v) is 3.31. The molecule has 18 heavy (non-hydrogen) atoms. The summed E-state index contributed by atoms with van der Waals surface area (Å²) >= 11 is 0.575. The molecule has 0 aliphatic heterocycles. The highest BCUT2D eigenvalue weighted by molar-refractivity contribution is 7.15. The van der Waals surface area contributed by atoms with Crippen molar-refractivity contribution in [3.05, 3.63) is 29.2 Å². The van der Waals surface area contributed by atoms with Crippen LogP contribution in [-0.2, 0) is 6.18 Å². The maximum Gasteiger partial charge on any atom is 0.427 e. The van der Waals surface area contributed by atoms with Gasteiger partial charge < -0.3 is 0 Å². The van der Waals surface area contributed by atoms with E-state index in [1.165, 1.54) is 6.20 Å². The SMILES string of the molecule is CC(C)c1cncc(-c2ncc(C(F)(F)F)s2)n1. The van der Waals surface area contributed by atoms with Crippen molar-refractivity contribution in [1.82, 2.24) is 15.0 Å². The summed E-state index contributed by atoms with van der Waals surface area (Å²) in [7, 11) is 0. The van der Waals surface area contributed by atoms with Crippen LogP contribution in [0.4, 0.5) is 13.2 Å². The Balaban J connectivity index is 2.37. The molecular formula is C11H10F3N3S. The van der Waals surface area contributed by atoms with Crippen molar-refractivity contribution in [3.8, 4) is 10.7 Å². The summed E-state index contributed by atoms with van der Waals surface area (Å²) in [4.78, 5) is 11.3. The Morgan fingerprint density at radius 3 is 2.44 bits per heavy atom. The summed E-state index contributed by atoms with van der Waals surface area (Å²) in [6.45, 7) is 3.88. The van der Waals surface area contributed by atoms with Crippen LogP contribution in [0.2, 0.25) is 0 Å². The summed E-state index contributed by atoms with van der Waals surface area (Å²) in [6, 6.07) is 0. The van der Waals surface area contributed by atoms with Crippen LogP contribution >= 0.6 is 11.3 Å². The molecule has 0 N–H and O–H groups in total. The van der Waals surface area contributed by atoms with E-state index in [-0.39, 0.29) is 10.9 Å². The van der Waals surface area contributed by atoms with E-state index in [0.717, 1.165) is 11.9 Å². The summed E-state index contributed by atoms with van der Waals surface area (Å²) in [5.41, 5.74) is 1.11. The molecule has 0 saturated heterocycles. The molecule has 0 amide bonds. The first kappa shape index (κ1) is 12.9. The van der Waals surface area contributed by atoms with Crippen molar-refractivity contribution in [1.29, 1.82) is 0 Å². The van der Waals surface area contributed by atoms with Gasteiger partial charge in [0.15, 0.2) is 0 Å². The van der Waals surface area contributed by atoms with Gasteiger partial charge in [-0.2, -0.15) is 13.2 Å². The van der Waals surface area contributed by atoms with Gasteiger partial charge in [-0.1, -0.05) is 13.8 Å². The molecular weight excluding hydrogens is 263 g/mol. The molecule has 0 fully saturated rings. The quantitative estimate of drug-likeness (QED) is 0.836. The van der Waals surface area contributed by atoms with Gasteiger partial charge in [-0.05, 0) is 5.92 Å². The smallest absolute Gasteiger partial charge is 0.260 e. The van der Waals surface area contributed by atoms with Gasteiger partial charge in [0.05, 0.1) is 18.1 Å². The number of hydrogen-bond acceptors (Lipinski definition) is 4. The molecule has 7 heteroatoms. The van der Waals surface area contributed by atoms with Crippen molar-refractivity contribution in [2.24, 2.45) is 0 Å². The van der Waals surface area contributed by atoms with E-state index in [1.807, 2.05) is 13.8 Å². The topological polar surface area (TPSA) is 38.7 Å². The minimum atomic E-state index is -4.36. The average Bonchev–Trinajstić information content (AvgIpc) is 2.78. The molecule has 0 aliphatic carbocycles. The van der Waals surface area contributed by atoms with E-state index < -0.39 is 11.1 Å². The van der Waals surface area contributed by atoms with Crippen molar-refractivity contribution in [3.63, 3.8) is 0 Å². The third-order valence-electron chi connectivity index (χ3n) is 2.25. The first-order valence-corrected chi connectivity index (χ1v) is 6.05. The van der Waals surface area contributed by atoms with Gasteiger partial charge in [-0.15, -0.1) is 11.3 Å². The van der Waals surface area contributed by atoms with E-state index in [1.54, 1.807) is 6.20 Å². The van der Waals surface area contributed by atoms with Gasteiger partial charge >= 0.3 is 6.18 Å². The molecule has 0 aromatic carbocycles. The van der Waals surface area contributed by atoms with Crippen LogP contribution in [0.5, 0.6) is 0 Å². The molecule has 0 saturated carbocycles. The number of hydrogen-bond donors (Lipinski definition) is 0. The Hall–Kier alpha value is -1.50. The fraction of sp³-hybridized carbons (Fsp3) is 0.364. The molecule has 0 unspecified atom stereocenters. The van der Waals surface area contributed by atoms with E-state index in [9.17, 15) is 13.2 Å². The van der Waals surface area contributed by atoms with E-state index in [2.05, 4.69) is 15.0 Å². The lowest BCUT2D eigenvalue weighted by atomic mass is 10.1. The lowest BCUT2D eigenvalue weighted by Crippen LogP contribution is -2.00. The first-order chi connectivity index (χ1) is 8.38. The molecule has 0 radical (unpaired) electrons. The molecule has 3 nitrogen and oxygen atoms in total. The molecule has 0 aliphatic rings. The molecule has 2 aromatic rings. The van der Waals surface area contributed by atoms with Crippen LogP contribution in [0.1, 0.15) is 30.3 Å². The summed E-state index contributed by atoms with van der Waals surface area (Å²) in [5.74, 6) is 0.166. The zero-order chi connectivity index (χ0) is 13.3. The van der Waals surface area contributed by atoms with Gasteiger partial charge in [0.25, 0.3) is 0 Å². The third kappa shape index (κ3) is 2.66. The molecule has 0 bridgehead atoms. The van der Waals surface area contributed by atoms with Crippen molar-refractivity contribution >= 4 is 11.3 Å². The summed E-state index contributed by atoms with van der Waals surface area (Å²) in [6.07, 6.45) is -0.514. The number of aromatic nitrogens is 3. The molecule has 2 rings (SSSR count). The second kappa shape index (κ2) is 4.64. The van der Waals surface area contributed by atoms with Gasteiger partial charge in [0.2, 0.25) is 0 Å². The first-order valence-electron chi connectivity index (χ1n) is 5.23. The summed E-state index contributed by atoms with van der Waals surface area (Å²) in [5, 5.41) is 0.234. The summed E-state index contributed by atoms with van der Waals surface area (Å²) < 4.78 is 37.4. The number of nitrogens with zero attached hydrogens (tertiary/aromatic N) is 3. The lowest BCUT2D eigenvalue weighted by Gasteiger charge is -2.04. The van der Waals surface area contributed by atoms with Gasteiger partial charge in [0.1, 0.15) is 15.6 Å². The number of alkyl halides is 3. The van der Waals surface area contributed by atoms with Crippen molar-refractivity contribution in [2.45, 2.75) is 25.9 Å². The standard InChI is InChI=1S/C11H10F3N3S/c1-6(2)7-3-15-4-8(17-7)10-16-5-9(18-10)11(12,13)14/h3-6H,1-2H3. The van der Waals surface area contributed by atoms with Crippen LogP contribution < -0.4 is 0 Å². The Bertz CT molecular complexity index is 548. The number of halogens is 3. The van der Waals surface area contributed by atoms with E-state index in [4.69, 9.17) is 0 Å². The Kier molecular flexibility index (Phi) is 3.34. The molecule has 0 spiro atoms. The highest BCUT2D eigenvalue weighted by Gasteiger charge is 2.33. The Morgan fingerprint density at radius 2 is 1.89 bits per heavy atom. The van der Waals surface area contributed by atoms with Crippen LogP contribution in [0.3, 0.4) is 0 Å². The number of thiazole rings is 1. The molecule has 96 valence electrons. The fourth-order valence-electron chi connectivity index (χ4n) is 1.29. The Labute approximate surface area is 106 Å². The van der Waals surface area contributed by atoms with Crippen LogP contribution in [-0.4, -0.2) is 15.0 Å².